The van der Waals surface area contributed by atoms with Gasteiger partial charge in [-0.05, 0) is 31.2 Å². The van der Waals surface area contributed by atoms with E-state index in [1.54, 1.807) is 56.8 Å². The number of hydrogen-bond acceptors (Lipinski definition) is 6. The molecule has 0 N–H and O–H groups in total. The summed E-state index contributed by atoms with van der Waals surface area (Å²) in [6, 6.07) is 10.5. The van der Waals surface area contributed by atoms with Crippen molar-refractivity contribution in [2.24, 2.45) is 0 Å². The number of carbonyl (C=O) groups is 1. The molecule has 0 radical (unpaired) electrons. The van der Waals surface area contributed by atoms with Crippen LogP contribution in [0.1, 0.15) is 17.3 Å². The number of methoxy groups -OCH3 is 3. The Kier molecular flexibility index (Phi) is 4.93. The highest BCUT2D eigenvalue weighted by Crippen LogP contribution is 2.40. The molecule has 6 nitrogen and oxygen atoms in total. The molecule has 0 amide bonds. The largest absolute Gasteiger partial charge is 0.493 e. The van der Waals surface area contributed by atoms with Crippen LogP contribution in [-0.2, 0) is 0 Å². The number of nitrogens with zero attached hydrogens (tertiary/aromatic N) is 1. The lowest BCUT2D eigenvalue weighted by molar-refractivity contribution is 0.101. The van der Waals surface area contributed by atoms with Crippen molar-refractivity contribution in [3.63, 3.8) is 0 Å². The average molecular weight is 353 g/mol. The highest BCUT2D eigenvalue weighted by Gasteiger charge is 2.17. The van der Waals surface area contributed by atoms with E-state index in [2.05, 4.69) is 4.98 Å². The van der Waals surface area contributed by atoms with E-state index in [1.807, 2.05) is 0 Å². The summed E-state index contributed by atoms with van der Waals surface area (Å²) >= 11 is 0. The van der Waals surface area contributed by atoms with Gasteiger partial charge in [0.1, 0.15) is 5.75 Å². The standard InChI is InChI=1S/C20H19NO5/c1-12(22)13-6-5-7-17(23-2)20(13)26-16-8-9-21-15-11-19(25-4)18(24-3)10-14(15)16/h5-11H,1-4H3. The molecule has 2 aromatic carbocycles. The molecule has 0 aliphatic carbocycles. The number of hydrogen-bond donors (Lipinski definition) is 0. The van der Waals surface area contributed by atoms with Gasteiger partial charge in [-0.15, -0.1) is 0 Å². The Morgan fingerprint density at radius 2 is 1.58 bits per heavy atom. The zero-order chi connectivity index (χ0) is 18.7. The molecule has 1 heterocycles. The smallest absolute Gasteiger partial charge is 0.180 e. The van der Waals surface area contributed by atoms with E-state index in [9.17, 15) is 4.79 Å². The van der Waals surface area contributed by atoms with Gasteiger partial charge in [-0.3, -0.25) is 9.78 Å². The zero-order valence-corrected chi connectivity index (χ0v) is 15.0. The predicted octanol–water partition coefficient (Wildman–Crippen LogP) is 4.26. The first-order chi connectivity index (χ1) is 12.6. The maximum atomic E-state index is 12.0. The zero-order valence-electron chi connectivity index (χ0n) is 15.0. The van der Waals surface area contributed by atoms with E-state index in [0.29, 0.717) is 39.8 Å². The van der Waals surface area contributed by atoms with Crippen molar-refractivity contribution >= 4 is 16.7 Å². The number of rotatable bonds is 6. The van der Waals surface area contributed by atoms with E-state index in [1.165, 1.54) is 14.0 Å². The molecule has 134 valence electrons. The second kappa shape index (κ2) is 7.31. The van der Waals surface area contributed by atoms with E-state index in [4.69, 9.17) is 18.9 Å². The van der Waals surface area contributed by atoms with Crippen molar-refractivity contribution in [2.45, 2.75) is 6.92 Å². The van der Waals surface area contributed by atoms with Crippen LogP contribution < -0.4 is 18.9 Å². The quantitative estimate of drug-likeness (QED) is 0.617. The molecular formula is C20H19NO5. The first-order valence-electron chi connectivity index (χ1n) is 7.95. The highest BCUT2D eigenvalue weighted by atomic mass is 16.5. The van der Waals surface area contributed by atoms with Gasteiger partial charge in [0.15, 0.2) is 28.8 Å². The molecule has 0 fully saturated rings. The molecule has 3 rings (SSSR count). The van der Waals surface area contributed by atoms with Crippen molar-refractivity contribution in [3.8, 4) is 28.7 Å². The van der Waals surface area contributed by atoms with Crippen LogP contribution in [0.5, 0.6) is 28.7 Å². The Labute approximate surface area is 151 Å². The summed E-state index contributed by atoms with van der Waals surface area (Å²) < 4.78 is 22.1. The highest BCUT2D eigenvalue weighted by molar-refractivity contribution is 5.98. The summed E-state index contributed by atoms with van der Waals surface area (Å²) in [5.74, 6) is 2.39. The van der Waals surface area contributed by atoms with E-state index >= 15 is 0 Å². The number of benzene rings is 2. The lowest BCUT2D eigenvalue weighted by Gasteiger charge is -2.15. The average Bonchev–Trinajstić information content (AvgIpc) is 2.67. The number of Topliss-reactive ketones (excluding diaryl/α,β-unsaturated/α-hetero) is 1. The van der Waals surface area contributed by atoms with Crippen LogP contribution in [0.2, 0.25) is 0 Å². The second-order valence-corrected chi connectivity index (χ2v) is 5.53. The lowest BCUT2D eigenvalue weighted by Crippen LogP contribution is -2.00. The van der Waals surface area contributed by atoms with Gasteiger partial charge < -0.3 is 18.9 Å². The molecule has 6 heteroatoms. The summed E-state index contributed by atoms with van der Waals surface area (Å²) in [6.45, 7) is 1.49. The summed E-state index contributed by atoms with van der Waals surface area (Å²) in [5, 5.41) is 0.727. The topological polar surface area (TPSA) is 66.9 Å². The molecule has 1 aromatic heterocycles. The van der Waals surface area contributed by atoms with Crippen LogP contribution in [-0.4, -0.2) is 32.1 Å². The molecule has 3 aromatic rings. The van der Waals surface area contributed by atoms with Gasteiger partial charge in [-0.25, -0.2) is 0 Å². The van der Waals surface area contributed by atoms with Crippen LogP contribution in [0, 0.1) is 0 Å². The fraction of sp³-hybridized carbons (Fsp3) is 0.200. The Morgan fingerprint density at radius 3 is 2.23 bits per heavy atom. The molecule has 0 aliphatic heterocycles. The third-order valence-corrected chi connectivity index (χ3v) is 4.00. The van der Waals surface area contributed by atoms with Gasteiger partial charge in [-0.1, -0.05) is 6.07 Å². The third kappa shape index (κ3) is 3.13. The third-order valence-electron chi connectivity index (χ3n) is 4.00. The minimum absolute atomic E-state index is 0.114. The van der Waals surface area contributed by atoms with Crippen molar-refractivity contribution < 1.29 is 23.7 Å². The first-order valence-corrected chi connectivity index (χ1v) is 7.95. The summed E-state index contributed by atoms with van der Waals surface area (Å²) in [4.78, 5) is 16.3. The van der Waals surface area contributed by atoms with E-state index in [-0.39, 0.29) is 5.78 Å². The number of pyridine rings is 1. The Hall–Kier alpha value is -3.28. The number of para-hydroxylation sites is 1. The van der Waals surface area contributed by atoms with E-state index < -0.39 is 0 Å². The van der Waals surface area contributed by atoms with Crippen LogP contribution >= 0.6 is 0 Å². The predicted molar refractivity (Wildman–Crippen MR) is 97.9 cm³/mol. The fourth-order valence-electron chi connectivity index (χ4n) is 2.71. The molecule has 0 saturated carbocycles. The van der Waals surface area contributed by atoms with Gasteiger partial charge in [0.25, 0.3) is 0 Å². The molecule has 26 heavy (non-hydrogen) atoms. The van der Waals surface area contributed by atoms with Gasteiger partial charge in [0.05, 0.1) is 32.4 Å². The number of fused-ring (bicyclic) bond motifs is 1. The van der Waals surface area contributed by atoms with Crippen LogP contribution in [0.4, 0.5) is 0 Å². The number of carbonyl (C=O) groups excluding carboxylic acids is 1. The normalized spacial score (nSPS) is 10.5. The number of aromatic nitrogens is 1. The molecule has 0 aliphatic rings. The van der Waals surface area contributed by atoms with Gasteiger partial charge in [0, 0.05) is 17.6 Å². The molecule has 0 atom stereocenters. The maximum Gasteiger partial charge on any atom is 0.180 e. The molecule has 0 saturated heterocycles. The van der Waals surface area contributed by atoms with E-state index in [0.717, 1.165) is 5.39 Å². The summed E-state index contributed by atoms with van der Waals surface area (Å²) in [6.07, 6.45) is 1.63. The second-order valence-electron chi connectivity index (χ2n) is 5.53. The van der Waals surface area contributed by atoms with Crippen LogP contribution in [0.15, 0.2) is 42.6 Å². The molecule has 0 unspecified atom stereocenters. The summed E-state index contributed by atoms with van der Waals surface area (Å²) in [5.41, 5.74) is 1.12. The van der Waals surface area contributed by atoms with Gasteiger partial charge in [0.2, 0.25) is 0 Å². The van der Waals surface area contributed by atoms with Crippen molar-refractivity contribution in [3.05, 3.63) is 48.2 Å². The number of ketones is 1. The van der Waals surface area contributed by atoms with Crippen molar-refractivity contribution in [1.29, 1.82) is 0 Å². The maximum absolute atomic E-state index is 12.0. The molecular weight excluding hydrogens is 334 g/mol. The number of ether oxygens (including phenoxy) is 4. The minimum atomic E-state index is -0.114. The van der Waals surface area contributed by atoms with Crippen molar-refractivity contribution in [2.75, 3.05) is 21.3 Å². The monoisotopic (exact) mass is 353 g/mol. The lowest BCUT2D eigenvalue weighted by atomic mass is 10.1. The Bertz CT molecular complexity index is 968. The van der Waals surface area contributed by atoms with Gasteiger partial charge >= 0.3 is 0 Å². The minimum Gasteiger partial charge on any atom is -0.493 e. The molecule has 0 spiro atoms. The summed E-state index contributed by atoms with van der Waals surface area (Å²) in [7, 11) is 4.66. The Balaban J connectivity index is 2.17. The SMILES string of the molecule is COc1cc2nccc(Oc3c(OC)cccc3C(C)=O)c2cc1OC. The fourth-order valence-corrected chi connectivity index (χ4v) is 2.71. The van der Waals surface area contributed by atoms with Crippen LogP contribution in [0.3, 0.4) is 0 Å². The Morgan fingerprint density at radius 1 is 0.885 bits per heavy atom. The van der Waals surface area contributed by atoms with Crippen LogP contribution in [0.25, 0.3) is 10.9 Å². The first kappa shape index (κ1) is 17.5. The van der Waals surface area contributed by atoms with Crippen molar-refractivity contribution in [1.82, 2.24) is 4.98 Å². The van der Waals surface area contributed by atoms with Gasteiger partial charge in [-0.2, -0.15) is 0 Å². The molecule has 0 bridgehead atoms.